The molecule has 0 aliphatic heterocycles. The van der Waals surface area contributed by atoms with Crippen LogP contribution < -0.4 is 4.72 Å². The van der Waals surface area contributed by atoms with Crippen molar-refractivity contribution in [1.29, 1.82) is 0 Å². The van der Waals surface area contributed by atoms with Crippen molar-refractivity contribution in [3.63, 3.8) is 0 Å². The highest BCUT2D eigenvalue weighted by atomic mass is 35.5. The van der Waals surface area contributed by atoms with Crippen molar-refractivity contribution in [3.8, 4) is 0 Å². The van der Waals surface area contributed by atoms with Gasteiger partial charge in [-0.15, -0.1) is 0 Å². The normalized spacial score (nSPS) is 13.1. The van der Waals surface area contributed by atoms with Crippen LogP contribution in [0.25, 0.3) is 0 Å². The van der Waals surface area contributed by atoms with Gasteiger partial charge in [0.2, 0.25) is 10.0 Å². The third kappa shape index (κ3) is 4.16. The molecule has 7 nitrogen and oxygen atoms in total. The molecule has 0 aromatic heterocycles. The molecule has 0 saturated heterocycles. The zero-order valence-corrected chi connectivity index (χ0v) is 12.8. The summed E-state index contributed by atoms with van der Waals surface area (Å²) in [4.78, 5) is 21.6. The number of sulfonamides is 1. The summed E-state index contributed by atoms with van der Waals surface area (Å²) in [6.07, 6.45) is 0. The quantitative estimate of drug-likeness (QED) is 0.723. The van der Waals surface area contributed by atoms with E-state index in [1.165, 1.54) is 0 Å². The standard InChI is InChI=1S/C12H14ClNO6S/c1-6(2)10(12(17)18)14-21(19,20)7-3-4-9(13)8(5-7)11(15)16/h3-6,10,14H,1-2H3,(H,15,16)(H,17,18)/t10-/m1/s1. The molecule has 0 unspecified atom stereocenters. The second kappa shape index (κ2) is 6.42. The minimum Gasteiger partial charge on any atom is -0.480 e. The van der Waals surface area contributed by atoms with Crippen LogP contribution in [0, 0.1) is 5.92 Å². The third-order valence-electron chi connectivity index (χ3n) is 2.69. The van der Waals surface area contributed by atoms with Crippen LogP contribution >= 0.6 is 11.6 Å². The van der Waals surface area contributed by atoms with Gasteiger partial charge in [0.15, 0.2) is 0 Å². The van der Waals surface area contributed by atoms with Crippen LogP contribution in [0.3, 0.4) is 0 Å². The molecule has 21 heavy (non-hydrogen) atoms. The fraction of sp³-hybridized carbons (Fsp3) is 0.333. The molecule has 0 amide bonds. The predicted octanol–water partition coefficient (Wildman–Crippen LogP) is 1.43. The molecule has 0 aliphatic rings. The maximum absolute atomic E-state index is 12.1. The maximum Gasteiger partial charge on any atom is 0.337 e. The maximum atomic E-state index is 12.1. The highest BCUT2D eigenvalue weighted by molar-refractivity contribution is 7.89. The summed E-state index contributed by atoms with van der Waals surface area (Å²) in [5, 5.41) is 17.8. The number of rotatable bonds is 6. The summed E-state index contributed by atoms with van der Waals surface area (Å²) in [6.45, 7) is 3.09. The van der Waals surface area contributed by atoms with E-state index in [-0.39, 0.29) is 15.5 Å². The summed E-state index contributed by atoms with van der Waals surface area (Å²) >= 11 is 5.66. The minimum atomic E-state index is -4.18. The van der Waals surface area contributed by atoms with Gasteiger partial charge in [0.25, 0.3) is 0 Å². The molecule has 0 radical (unpaired) electrons. The molecular formula is C12H14ClNO6S. The summed E-state index contributed by atoms with van der Waals surface area (Å²) in [6, 6.07) is 1.80. The number of aliphatic carboxylic acids is 1. The van der Waals surface area contributed by atoms with Gasteiger partial charge in [0, 0.05) is 0 Å². The van der Waals surface area contributed by atoms with E-state index < -0.39 is 33.9 Å². The van der Waals surface area contributed by atoms with Crippen LogP contribution in [0.5, 0.6) is 0 Å². The van der Waals surface area contributed by atoms with E-state index >= 15 is 0 Å². The molecule has 0 spiro atoms. The molecule has 1 atom stereocenters. The average molecular weight is 336 g/mol. The van der Waals surface area contributed by atoms with E-state index in [1.54, 1.807) is 13.8 Å². The van der Waals surface area contributed by atoms with Crippen LogP contribution in [0.15, 0.2) is 23.1 Å². The smallest absolute Gasteiger partial charge is 0.337 e. The van der Waals surface area contributed by atoms with E-state index in [0.717, 1.165) is 18.2 Å². The second-order valence-electron chi connectivity index (χ2n) is 4.63. The van der Waals surface area contributed by atoms with Crippen LogP contribution in [0.4, 0.5) is 0 Å². The molecule has 0 heterocycles. The van der Waals surface area contributed by atoms with Gasteiger partial charge < -0.3 is 10.2 Å². The van der Waals surface area contributed by atoms with Gasteiger partial charge in [-0.1, -0.05) is 25.4 Å². The van der Waals surface area contributed by atoms with E-state index in [2.05, 4.69) is 0 Å². The highest BCUT2D eigenvalue weighted by Gasteiger charge is 2.28. The van der Waals surface area contributed by atoms with Gasteiger partial charge in [-0.05, 0) is 24.1 Å². The molecule has 1 aromatic rings. The van der Waals surface area contributed by atoms with Gasteiger partial charge in [-0.3, -0.25) is 4.79 Å². The summed E-state index contributed by atoms with van der Waals surface area (Å²) in [7, 11) is -4.18. The summed E-state index contributed by atoms with van der Waals surface area (Å²) in [5.74, 6) is -3.18. The lowest BCUT2D eigenvalue weighted by Gasteiger charge is -2.18. The molecule has 0 aliphatic carbocycles. The number of hydrogen-bond acceptors (Lipinski definition) is 4. The SMILES string of the molecule is CC(C)[C@@H](NS(=O)(=O)c1ccc(Cl)c(C(=O)O)c1)C(=O)O. The lowest BCUT2D eigenvalue weighted by molar-refractivity contribution is -0.140. The van der Waals surface area contributed by atoms with Crippen molar-refractivity contribution in [2.24, 2.45) is 5.92 Å². The average Bonchev–Trinajstić information content (AvgIpc) is 2.35. The van der Waals surface area contributed by atoms with E-state index in [9.17, 15) is 18.0 Å². The van der Waals surface area contributed by atoms with Gasteiger partial charge in [0.05, 0.1) is 15.5 Å². The largest absolute Gasteiger partial charge is 0.480 e. The minimum absolute atomic E-state index is 0.111. The number of nitrogens with one attached hydrogen (secondary N) is 1. The number of carbonyl (C=O) groups is 2. The van der Waals surface area contributed by atoms with Gasteiger partial charge in [-0.2, -0.15) is 4.72 Å². The first-order chi connectivity index (χ1) is 9.56. The number of aromatic carboxylic acids is 1. The van der Waals surface area contributed by atoms with Gasteiger partial charge in [-0.25, -0.2) is 13.2 Å². The molecule has 9 heteroatoms. The predicted molar refractivity (Wildman–Crippen MR) is 75.0 cm³/mol. The van der Waals surface area contributed by atoms with Crippen molar-refractivity contribution < 1.29 is 28.2 Å². The summed E-state index contributed by atoms with van der Waals surface area (Å²) in [5.41, 5.74) is -0.379. The van der Waals surface area contributed by atoms with Gasteiger partial charge in [0.1, 0.15) is 6.04 Å². The highest BCUT2D eigenvalue weighted by Crippen LogP contribution is 2.21. The number of carboxylic acids is 2. The monoisotopic (exact) mass is 335 g/mol. The fourth-order valence-corrected chi connectivity index (χ4v) is 3.10. The van der Waals surface area contributed by atoms with E-state index in [4.69, 9.17) is 21.8 Å². The first-order valence-corrected chi connectivity index (χ1v) is 7.70. The molecule has 116 valence electrons. The number of carboxylic acid groups (broad SMARTS) is 2. The fourth-order valence-electron chi connectivity index (χ4n) is 1.54. The Kier molecular flexibility index (Phi) is 5.32. The summed E-state index contributed by atoms with van der Waals surface area (Å²) < 4.78 is 26.3. The first-order valence-electron chi connectivity index (χ1n) is 5.84. The molecule has 0 saturated carbocycles. The van der Waals surface area contributed by atoms with Crippen LogP contribution in [-0.4, -0.2) is 36.6 Å². The first kappa shape index (κ1) is 17.4. The van der Waals surface area contributed by atoms with Crippen molar-refractivity contribution in [2.45, 2.75) is 24.8 Å². The second-order valence-corrected chi connectivity index (χ2v) is 6.75. The lowest BCUT2D eigenvalue weighted by atomic mass is 10.1. The Hall–Kier alpha value is -1.64. The Morgan fingerprint density at radius 3 is 2.24 bits per heavy atom. The Labute approximate surface area is 126 Å². The van der Waals surface area contributed by atoms with Crippen molar-refractivity contribution in [3.05, 3.63) is 28.8 Å². The topological polar surface area (TPSA) is 121 Å². The Balaban J connectivity index is 3.22. The number of hydrogen-bond donors (Lipinski definition) is 3. The Morgan fingerprint density at radius 2 is 1.81 bits per heavy atom. The van der Waals surface area contributed by atoms with Crippen molar-refractivity contribution >= 4 is 33.6 Å². The van der Waals surface area contributed by atoms with Crippen molar-refractivity contribution in [1.82, 2.24) is 4.72 Å². The number of benzene rings is 1. The molecule has 0 fully saturated rings. The van der Waals surface area contributed by atoms with Crippen LogP contribution in [0.2, 0.25) is 5.02 Å². The van der Waals surface area contributed by atoms with E-state index in [1.807, 2.05) is 4.72 Å². The molecule has 1 rings (SSSR count). The molecule has 0 bridgehead atoms. The van der Waals surface area contributed by atoms with E-state index in [0.29, 0.717) is 0 Å². The Morgan fingerprint density at radius 1 is 1.24 bits per heavy atom. The van der Waals surface area contributed by atoms with Crippen LogP contribution in [-0.2, 0) is 14.8 Å². The van der Waals surface area contributed by atoms with Gasteiger partial charge >= 0.3 is 11.9 Å². The third-order valence-corrected chi connectivity index (χ3v) is 4.46. The molecular weight excluding hydrogens is 322 g/mol. The van der Waals surface area contributed by atoms with Crippen LogP contribution in [0.1, 0.15) is 24.2 Å². The molecule has 3 N–H and O–H groups in total. The zero-order valence-electron chi connectivity index (χ0n) is 11.2. The van der Waals surface area contributed by atoms with Crippen molar-refractivity contribution in [2.75, 3.05) is 0 Å². The lowest BCUT2D eigenvalue weighted by Crippen LogP contribution is -2.44. The number of halogens is 1. The molecule has 1 aromatic carbocycles. The zero-order chi connectivity index (χ0) is 16.4. The Bertz CT molecular complexity index is 670.